The summed E-state index contributed by atoms with van der Waals surface area (Å²) in [5.41, 5.74) is 10.1. The maximum Gasteiger partial charge on any atom is 0.129 e. The minimum Gasteiger partial charge on any atom is -0.399 e. The molecule has 0 spiro atoms. The van der Waals surface area contributed by atoms with Gasteiger partial charge >= 0.3 is 0 Å². The Kier molecular flexibility index (Phi) is 2.42. The summed E-state index contributed by atoms with van der Waals surface area (Å²) in [4.78, 5) is 7.09. The molecule has 0 amide bonds. The second-order valence-electron chi connectivity index (χ2n) is 5.18. The Bertz CT molecular complexity index is 758. The summed E-state index contributed by atoms with van der Waals surface area (Å²) in [6.07, 6.45) is 0. The van der Waals surface area contributed by atoms with E-state index in [2.05, 4.69) is 39.8 Å². The van der Waals surface area contributed by atoms with Gasteiger partial charge in [0.25, 0.3) is 0 Å². The van der Waals surface area contributed by atoms with Crippen LogP contribution in [0.2, 0.25) is 0 Å². The van der Waals surface area contributed by atoms with Gasteiger partial charge in [0.1, 0.15) is 5.82 Å². The van der Waals surface area contributed by atoms with Gasteiger partial charge in [0.15, 0.2) is 0 Å². The van der Waals surface area contributed by atoms with Gasteiger partial charge in [0.2, 0.25) is 0 Å². The zero-order chi connectivity index (χ0) is 13.5. The normalized spacial score (nSPS) is 14.5. The molecule has 4 nitrogen and oxygen atoms in total. The lowest BCUT2D eigenvalue weighted by Crippen LogP contribution is -2.33. The Morgan fingerprint density at radius 2 is 1.75 bits per heavy atom. The van der Waals surface area contributed by atoms with Crippen LogP contribution in [0.3, 0.4) is 0 Å². The van der Waals surface area contributed by atoms with Gasteiger partial charge in [-0.25, -0.2) is 4.98 Å². The van der Waals surface area contributed by atoms with Crippen LogP contribution < -0.4 is 10.6 Å². The SMILES string of the molecule is Nc1ccc(N2CCn3c(nc4ccccc43)C2)cc1. The van der Waals surface area contributed by atoms with E-state index >= 15 is 0 Å². The first-order valence-electron chi connectivity index (χ1n) is 6.86. The third-order valence-electron chi connectivity index (χ3n) is 3.92. The molecule has 0 saturated carbocycles. The van der Waals surface area contributed by atoms with Crippen molar-refractivity contribution >= 4 is 22.4 Å². The van der Waals surface area contributed by atoms with E-state index in [1.54, 1.807) is 0 Å². The van der Waals surface area contributed by atoms with Crippen molar-refractivity contribution in [2.75, 3.05) is 17.2 Å². The topological polar surface area (TPSA) is 47.1 Å². The highest BCUT2D eigenvalue weighted by Crippen LogP contribution is 2.25. The van der Waals surface area contributed by atoms with Crippen molar-refractivity contribution in [2.45, 2.75) is 13.1 Å². The second kappa shape index (κ2) is 4.27. The Morgan fingerprint density at radius 1 is 0.950 bits per heavy atom. The Balaban J connectivity index is 1.71. The van der Waals surface area contributed by atoms with Crippen molar-refractivity contribution in [3.63, 3.8) is 0 Å². The predicted molar refractivity (Wildman–Crippen MR) is 81.6 cm³/mol. The van der Waals surface area contributed by atoms with Gasteiger partial charge in [0, 0.05) is 24.5 Å². The first kappa shape index (κ1) is 11.3. The molecule has 20 heavy (non-hydrogen) atoms. The van der Waals surface area contributed by atoms with E-state index < -0.39 is 0 Å². The molecule has 0 fully saturated rings. The van der Waals surface area contributed by atoms with E-state index in [4.69, 9.17) is 10.7 Å². The third-order valence-corrected chi connectivity index (χ3v) is 3.92. The molecule has 0 bridgehead atoms. The predicted octanol–water partition coefficient (Wildman–Crippen LogP) is 2.64. The molecule has 2 N–H and O–H groups in total. The highest BCUT2D eigenvalue weighted by Gasteiger charge is 2.19. The number of nitrogens with zero attached hydrogens (tertiary/aromatic N) is 3. The van der Waals surface area contributed by atoms with E-state index in [1.807, 2.05) is 18.2 Å². The van der Waals surface area contributed by atoms with Gasteiger partial charge in [-0.1, -0.05) is 12.1 Å². The zero-order valence-corrected chi connectivity index (χ0v) is 11.2. The standard InChI is InChI=1S/C16H16N4/c17-12-5-7-13(8-6-12)19-9-10-20-15-4-2-1-3-14(15)18-16(20)11-19/h1-8H,9-11,17H2. The summed E-state index contributed by atoms with van der Waals surface area (Å²) in [6, 6.07) is 16.4. The van der Waals surface area contributed by atoms with E-state index in [0.717, 1.165) is 36.7 Å². The minimum atomic E-state index is 0.804. The number of aromatic nitrogens is 2. The van der Waals surface area contributed by atoms with Gasteiger partial charge in [-0.2, -0.15) is 0 Å². The average Bonchev–Trinajstić information content (AvgIpc) is 2.85. The number of benzene rings is 2. The molecule has 100 valence electrons. The molecule has 0 atom stereocenters. The van der Waals surface area contributed by atoms with Crippen LogP contribution in [0.5, 0.6) is 0 Å². The molecule has 0 unspecified atom stereocenters. The molecular weight excluding hydrogens is 248 g/mol. The van der Waals surface area contributed by atoms with Crippen LogP contribution in [0.1, 0.15) is 5.82 Å². The summed E-state index contributed by atoms with van der Waals surface area (Å²) in [6.45, 7) is 2.82. The molecule has 1 aliphatic rings. The Labute approximate surface area is 117 Å². The van der Waals surface area contributed by atoms with E-state index in [0.29, 0.717) is 0 Å². The summed E-state index contributed by atoms with van der Waals surface area (Å²) in [7, 11) is 0. The Hall–Kier alpha value is -2.49. The summed E-state index contributed by atoms with van der Waals surface area (Å²) >= 11 is 0. The maximum absolute atomic E-state index is 5.75. The van der Waals surface area contributed by atoms with E-state index in [-0.39, 0.29) is 0 Å². The van der Waals surface area contributed by atoms with Gasteiger partial charge in [-0.15, -0.1) is 0 Å². The van der Waals surface area contributed by atoms with Gasteiger partial charge in [0.05, 0.1) is 17.6 Å². The molecule has 0 aliphatic carbocycles. The van der Waals surface area contributed by atoms with Crippen LogP contribution >= 0.6 is 0 Å². The quantitative estimate of drug-likeness (QED) is 0.687. The van der Waals surface area contributed by atoms with Crippen molar-refractivity contribution in [2.24, 2.45) is 0 Å². The minimum absolute atomic E-state index is 0.804. The number of nitrogen functional groups attached to an aromatic ring is 1. The van der Waals surface area contributed by atoms with Gasteiger partial charge < -0.3 is 15.2 Å². The number of para-hydroxylation sites is 2. The van der Waals surface area contributed by atoms with Gasteiger partial charge in [-0.05, 0) is 36.4 Å². The number of hydrogen-bond acceptors (Lipinski definition) is 3. The molecule has 1 aromatic heterocycles. The van der Waals surface area contributed by atoms with Crippen LogP contribution in [0.4, 0.5) is 11.4 Å². The van der Waals surface area contributed by atoms with Crippen LogP contribution in [-0.2, 0) is 13.1 Å². The second-order valence-corrected chi connectivity index (χ2v) is 5.18. The summed E-state index contributed by atoms with van der Waals surface area (Å²) in [5.74, 6) is 1.13. The fourth-order valence-corrected chi connectivity index (χ4v) is 2.87. The smallest absolute Gasteiger partial charge is 0.129 e. The third kappa shape index (κ3) is 1.72. The van der Waals surface area contributed by atoms with Crippen molar-refractivity contribution in [3.8, 4) is 0 Å². The maximum atomic E-state index is 5.75. The monoisotopic (exact) mass is 264 g/mol. The van der Waals surface area contributed by atoms with E-state index in [9.17, 15) is 0 Å². The van der Waals surface area contributed by atoms with Crippen molar-refractivity contribution in [1.82, 2.24) is 9.55 Å². The molecule has 0 saturated heterocycles. The number of imidazole rings is 1. The van der Waals surface area contributed by atoms with Crippen molar-refractivity contribution in [3.05, 3.63) is 54.4 Å². The first-order chi connectivity index (χ1) is 9.81. The lowest BCUT2D eigenvalue weighted by Gasteiger charge is -2.29. The molecule has 4 rings (SSSR count). The lowest BCUT2D eigenvalue weighted by molar-refractivity contribution is 0.571. The number of anilines is 2. The highest BCUT2D eigenvalue weighted by atomic mass is 15.2. The van der Waals surface area contributed by atoms with Crippen LogP contribution in [-0.4, -0.2) is 16.1 Å². The molecule has 3 aromatic rings. The fourth-order valence-electron chi connectivity index (χ4n) is 2.87. The fraction of sp³-hybridized carbons (Fsp3) is 0.188. The van der Waals surface area contributed by atoms with Crippen LogP contribution in [0, 0.1) is 0 Å². The molecule has 2 heterocycles. The lowest BCUT2D eigenvalue weighted by atomic mass is 10.2. The van der Waals surface area contributed by atoms with E-state index in [1.165, 1.54) is 11.2 Å². The highest BCUT2D eigenvalue weighted by molar-refractivity contribution is 5.76. The van der Waals surface area contributed by atoms with Crippen molar-refractivity contribution in [1.29, 1.82) is 0 Å². The molecule has 1 aliphatic heterocycles. The van der Waals surface area contributed by atoms with Crippen molar-refractivity contribution < 1.29 is 0 Å². The number of hydrogen-bond donors (Lipinski definition) is 1. The van der Waals surface area contributed by atoms with Crippen LogP contribution in [0.15, 0.2) is 48.5 Å². The summed E-state index contributed by atoms with van der Waals surface area (Å²) in [5, 5.41) is 0. The first-order valence-corrected chi connectivity index (χ1v) is 6.86. The number of nitrogens with two attached hydrogens (primary N) is 1. The largest absolute Gasteiger partial charge is 0.399 e. The van der Waals surface area contributed by atoms with Crippen LogP contribution in [0.25, 0.3) is 11.0 Å². The zero-order valence-electron chi connectivity index (χ0n) is 11.2. The summed E-state index contributed by atoms with van der Waals surface area (Å²) < 4.78 is 2.32. The number of rotatable bonds is 1. The average molecular weight is 264 g/mol. The molecular formula is C16H16N4. The van der Waals surface area contributed by atoms with Gasteiger partial charge in [-0.3, -0.25) is 0 Å². The number of fused-ring (bicyclic) bond motifs is 3. The molecule has 4 heteroatoms. The molecule has 0 radical (unpaired) electrons. The molecule has 2 aromatic carbocycles. The Morgan fingerprint density at radius 3 is 2.60 bits per heavy atom.